The second-order valence-corrected chi connectivity index (χ2v) is 9.52. The number of methoxy groups -OCH3 is 1. The van der Waals surface area contributed by atoms with Crippen LogP contribution >= 0.6 is 0 Å². The van der Waals surface area contributed by atoms with Crippen LogP contribution in [0.1, 0.15) is 30.9 Å². The van der Waals surface area contributed by atoms with Crippen LogP contribution in [0.25, 0.3) is 11.1 Å². The van der Waals surface area contributed by atoms with Gasteiger partial charge >= 0.3 is 6.09 Å². The SMILES string of the molecule is COc1cc(CC2(OC(N)=O)CC2)ccc1Nc1ncc(-c2ccc(C#N)c(O[C@@H](C)Cn3cnnn3)c2)cn1. The van der Waals surface area contributed by atoms with Gasteiger partial charge in [0.05, 0.1) is 24.9 Å². The Hall–Kier alpha value is -5.25. The van der Waals surface area contributed by atoms with Crippen molar-refractivity contribution in [2.75, 3.05) is 12.4 Å². The summed E-state index contributed by atoms with van der Waals surface area (Å²) in [5.74, 6) is 1.43. The number of anilines is 2. The Morgan fingerprint density at radius 1 is 1.18 bits per heavy atom. The summed E-state index contributed by atoms with van der Waals surface area (Å²) >= 11 is 0. The summed E-state index contributed by atoms with van der Waals surface area (Å²) in [4.78, 5) is 20.1. The highest BCUT2D eigenvalue weighted by Gasteiger charge is 2.46. The normalized spacial score (nSPS) is 14.0. The Balaban J connectivity index is 1.28. The number of carbonyl (C=O) groups is 1. The average Bonchev–Trinajstić information content (AvgIpc) is 3.48. The molecule has 1 fully saturated rings. The molecule has 1 atom stereocenters. The number of benzene rings is 2. The number of hydrogen-bond donors (Lipinski definition) is 2. The van der Waals surface area contributed by atoms with Gasteiger partial charge in [-0.2, -0.15) is 5.26 Å². The number of rotatable bonds is 11. The second kappa shape index (κ2) is 11.2. The number of amides is 1. The first-order chi connectivity index (χ1) is 19.4. The molecular formula is C27H27N9O4. The van der Waals surface area contributed by atoms with E-state index >= 15 is 0 Å². The maximum absolute atomic E-state index is 11.2. The van der Waals surface area contributed by atoms with Crippen LogP contribution in [-0.2, 0) is 17.7 Å². The number of carbonyl (C=O) groups excluding carboxylic acids is 1. The third-order valence-corrected chi connectivity index (χ3v) is 6.41. The third kappa shape index (κ3) is 6.24. The van der Waals surface area contributed by atoms with Crippen molar-refractivity contribution in [2.24, 2.45) is 5.73 Å². The first kappa shape index (κ1) is 26.4. The number of nitriles is 1. The van der Waals surface area contributed by atoms with Crippen LogP contribution < -0.4 is 20.5 Å². The molecular weight excluding hydrogens is 514 g/mol. The Bertz CT molecular complexity index is 1530. The molecule has 3 N–H and O–H groups in total. The van der Waals surface area contributed by atoms with E-state index in [1.54, 1.807) is 36.3 Å². The molecule has 0 saturated heterocycles. The summed E-state index contributed by atoms with van der Waals surface area (Å²) in [6.45, 7) is 2.30. The Labute approximate surface area is 229 Å². The summed E-state index contributed by atoms with van der Waals surface area (Å²) < 4.78 is 18.4. The number of nitrogens with two attached hydrogens (primary N) is 1. The smallest absolute Gasteiger partial charge is 0.405 e. The van der Waals surface area contributed by atoms with E-state index < -0.39 is 11.7 Å². The highest BCUT2D eigenvalue weighted by molar-refractivity contribution is 5.68. The molecule has 0 bridgehead atoms. The Kier molecular flexibility index (Phi) is 7.41. The van der Waals surface area contributed by atoms with E-state index in [-0.39, 0.29) is 6.10 Å². The fourth-order valence-electron chi connectivity index (χ4n) is 4.32. The maximum atomic E-state index is 11.2. The third-order valence-electron chi connectivity index (χ3n) is 6.41. The zero-order chi connectivity index (χ0) is 28.1. The standard InChI is InChI=1S/C27H27N9O4/c1-17(15-36-16-32-34-35-36)39-23-10-19(4-5-20(23)12-28)21-13-30-26(31-14-21)33-22-6-3-18(9-24(22)38-2)11-27(7-8-27)40-25(29)37/h3-6,9-10,13-14,16-17H,7-8,11,15H2,1-2H3,(H2,29,37)(H,30,31,33)/t17-/m0/s1. The van der Waals surface area contributed by atoms with Crippen LogP contribution in [-0.4, -0.2) is 55.1 Å². The van der Waals surface area contributed by atoms with Gasteiger partial charge in [-0.1, -0.05) is 12.1 Å². The lowest BCUT2D eigenvalue weighted by Crippen LogP contribution is -2.26. The van der Waals surface area contributed by atoms with Crippen molar-refractivity contribution < 1.29 is 19.0 Å². The van der Waals surface area contributed by atoms with E-state index in [2.05, 4.69) is 36.9 Å². The van der Waals surface area contributed by atoms with Crippen LogP contribution in [0, 0.1) is 11.3 Å². The first-order valence-corrected chi connectivity index (χ1v) is 12.5. The topological polar surface area (TPSA) is 176 Å². The molecule has 204 valence electrons. The fourth-order valence-corrected chi connectivity index (χ4v) is 4.32. The minimum absolute atomic E-state index is 0.277. The number of aromatic nitrogens is 6. The summed E-state index contributed by atoms with van der Waals surface area (Å²) in [5, 5.41) is 23.8. The van der Waals surface area contributed by atoms with Crippen molar-refractivity contribution in [3.63, 3.8) is 0 Å². The number of nitrogens with one attached hydrogen (secondary N) is 1. The molecule has 5 rings (SSSR count). The molecule has 13 heteroatoms. The van der Waals surface area contributed by atoms with Crippen molar-refractivity contribution >= 4 is 17.7 Å². The van der Waals surface area contributed by atoms with Crippen LogP contribution in [0.4, 0.5) is 16.4 Å². The molecule has 1 aliphatic carbocycles. The lowest BCUT2D eigenvalue weighted by Gasteiger charge is -2.17. The number of tetrazole rings is 1. The van der Waals surface area contributed by atoms with Crippen molar-refractivity contribution in [3.8, 4) is 28.7 Å². The molecule has 2 aromatic heterocycles. The molecule has 0 spiro atoms. The van der Waals surface area contributed by atoms with E-state index in [1.807, 2.05) is 31.2 Å². The predicted molar refractivity (Wildman–Crippen MR) is 143 cm³/mol. The van der Waals surface area contributed by atoms with E-state index in [0.29, 0.717) is 41.7 Å². The average molecular weight is 542 g/mol. The first-order valence-electron chi connectivity index (χ1n) is 12.5. The van der Waals surface area contributed by atoms with Gasteiger partial charge in [-0.3, -0.25) is 0 Å². The van der Waals surface area contributed by atoms with E-state index in [1.165, 1.54) is 6.33 Å². The van der Waals surface area contributed by atoms with Crippen LogP contribution in [0.2, 0.25) is 0 Å². The van der Waals surface area contributed by atoms with Gasteiger partial charge in [0.2, 0.25) is 5.95 Å². The molecule has 4 aromatic rings. The largest absolute Gasteiger partial charge is 0.495 e. The summed E-state index contributed by atoms with van der Waals surface area (Å²) in [6.07, 6.45) is 5.96. The molecule has 1 saturated carbocycles. The van der Waals surface area contributed by atoms with Gasteiger partial charge in [0.15, 0.2) is 0 Å². The fraction of sp³-hybridized carbons (Fsp3) is 0.296. The summed E-state index contributed by atoms with van der Waals surface area (Å²) in [6, 6.07) is 13.2. The molecule has 2 aromatic carbocycles. The van der Waals surface area contributed by atoms with Gasteiger partial charge in [0.25, 0.3) is 0 Å². The van der Waals surface area contributed by atoms with Crippen molar-refractivity contribution in [2.45, 2.75) is 44.4 Å². The monoisotopic (exact) mass is 541 g/mol. The van der Waals surface area contributed by atoms with E-state index in [4.69, 9.17) is 19.9 Å². The van der Waals surface area contributed by atoms with Gasteiger partial charge in [-0.25, -0.2) is 19.4 Å². The van der Waals surface area contributed by atoms with Gasteiger partial charge in [0, 0.05) is 24.4 Å². The minimum Gasteiger partial charge on any atom is -0.495 e. The number of ether oxygens (including phenoxy) is 3. The maximum Gasteiger partial charge on any atom is 0.405 e. The molecule has 1 aliphatic rings. The van der Waals surface area contributed by atoms with Crippen molar-refractivity contribution in [1.29, 1.82) is 5.26 Å². The Morgan fingerprint density at radius 3 is 2.62 bits per heavy atom. The zero-order valence-electron chi connectivity index (χ0n) is 21.9. The van der Waals surface area contributed by atoms with Crippen LogP contribution in [0.3, 0.4) is 0 Å². The minimum atomic E-state index is -0.761. The van der Waals surface area contributed by atoms with Gasteiger partial charge in [0.1, 0.15) is 35.6 Å². The molecule has 40 heavy (non-hydrogen) atoms. The molecule has 0 radical (unpaired) electrons. The quantitative estimate of drug-likeness (QED) is 0.284. The van der Waals surface area contributed by atoms with E-state index in [9.17, 15) is 10.1 Å². The lowest BCUT2D eigenvalue weighted by atomic mass is 10.1. The van der Waals surface area contributed by atoms with Gasteiger partial charge in [-0.15, -0.1) is 5.10 Å². The highest BCUT2D eigenvalue weighted by atomic mass is 16.6. The molecule has 1 amide bonds. The lowest BCUT2D eigenvalue weighted by molar-refractivity contribution is 0.0911. The van der Waals surface area contributed by atoms with Crippen LogP contribution in [0.15, 0.2) is 55.1 Å². The highest BCUT2D eigenvalue weighted by Crippen LogP contribution is 2.43. The molecule has 0 aliphatic heterocycles. The van der Waals surface area contributed by atoms with Crippen molar-refractivity contribution in [3.05, 3.63) is 66.2 Å². The molecule has 2 heterocycles. The van der Waals surface area contributed by atoms with E-state index in [0.717, 1.165) is 29.5 Å². The Morgan fingerprint density at radius 2 is 1.98 bits per heavy atom. The second-order valence-electron chi connectivity index (χ2n) is 9.52. The number of hydrogen-bond acceptors (Lipinski definition) is 11. The zero-order valence-corrected chi connectivity index (χ0v) is 21.9. The van der Waals surface area contributed by atoms with Crippen LogP contribution in [0.5, 0.6) is 11.5 Å². The number of primary amides is 1. The molecule has 13 nitrogen and oxygen atoms in total. The van der Waals surface area contributed by atoms with Crippen molar-refractivity contribution in [1.82, 2.24) is 30.2 Å². The summed E-state index contributed by atoms with van der Waals surface area (Å²) in [5.41, 5.74) is 8.30. The van der Waals surface area contributed by atoms with Gasteiger partial charge in [-0.05, 0) is 65.6 Å². The summed E-state index contributed by atoms with van der Waals surface area (Å²) in [7, 11) is 1.58. The molecule has 0 unspecified atom stereocenters. The number of nitrogens with zero attached hydrogens (tertiary/aromatic N) is 7. The van der Waals surface area contributed by atoms with Gasteiger partial charge < -0.3 is 25.3 Å². The predicted octanol–water partition coefficient (Wildman–Crippen LogP) is 3.39.